The van der Waals surface area contributed by atoms with Crippen LogP contribution in [0.3, 0.4) is 0 Å². The van der Waals surface area contributed by atoms with Crippen LogP contribution in [0, 0.1) is 0 Å². The van der Waals surface area contributed by atoms with E-state index in [1.807, 2.05) is 24.3 Å². The molecule has 20 heavy (non-hydrogen) atoms. The quantitative estimate of drug-likeness (QED) is 0.632. The van der Waals surface area contributed by atoms with Gasteiger partial charge in [-0.05, 0) is 18.2 Å². The third kappa shape index (κ3) is 3.68. The zero-order chi connectivity index (χ0) is 14.7. The van der Waals surface area contributed by atoms with Crippen LogP contribution in [-0.2, 0) is 5.75 Å². The molecule has 2 aromatic rings. The Balaban J connectivity index is 2.16. The summed E-state index contributed by atoms with van der Waals surface area (Å²) in [5, 5.41) is 9.67. The largest absolute Gasteiger partial charge is 0.476 e. The minimum Gasteiger partial charge on any atom is -0.476 e. The maximum atomic E-state index is 11.4. The van der Waals surface area contributed by atoms with Crippen molar-refractivity contribution >= 4 is 50.8 Å². The lowest BCUT2D eigenvalue weighted by Gasteiger charge is -1.99. The number of carbonyl (C=O) groups is 2. The summed E-state index contributed by atoms with van der Waals surface area (Å²) in [5.74, 6) is -0.891. The van der Waals surface area contributed by atoms with E-state index in [2.05, 4.69) is 20.9 Å². The molecule has 0 aliphatic rings. The van der Waals surface area contributed by atoms with Crippen molar-refractivity contribution in [2.45, 2.75) is 17.6 Å². The Morgan fingerprint density at radius 3 is 2.75 bits per heavy atom. The Labute approximate surface area is 132 Å². The number of carboxylic acids is 1. The first-order chi connectivity index (χ1) is 9.47. The first kappa shape index (κ1) is 15.2. The lowest BCUT2D eigenvalue weighted by molar-refractivity contribution is 0.0687. The second-order valence-corrected chi connectivity index (χ2v) is 6.94. The molecular weight excluding hydrogens is 362 g/mol. The van der Waals surface area contributed by atoms with Crippen molar-refractivity contribution in [3.8, 4) is 0 Å². The van der Waals surface area contributed by atoms with Crippen LogP contribution in [0.2, 0.25) is 0 Å². The fourth-order valence-corrected chi connectivity index (χ4v) is 3.96. The minimum absolute atomic E-state index is 0.146. The van der Waals surface area contributed by atoms with Crippen LogP contribution in [-0.4, -0.2) is 21.8 Å². The van der Waals surface area contributed by atoms with E-state index in [0.29, 0.717) is 10.8 Å². The number of carbonyl (C=O) groups excluding carboxylic acids is 1. The third-order valence-electron chi connectivity index (χ3n) is 2.35. The number of aromatic carboxylic acids is 1. The molecule has 0 spiro atoms. The number of benzene rings is 1. The maximum absolute atomic E-state index is 11.4. The van der Waals surface area contributed by atoms with E-state index in [1.54, 1.807) is 11.8 Å². The van der Waals surface area contributed by atoms with Crippen molar-refractivity contribution in [3.63, 3.8) is 0 Å². The molecule has 0 atom stereocenters. The van der Waals surface area contributed by atoms with Gasteiger partial charge in [0.1, 0.15) is 9.88 Å². The lowest BCUT2D eigenvalue weighted by Crippen LogP contribution is -2.03. The summed E-state index contributed by atoms with van der Waals surface area (Å²) in [5.41, 5.74) is -0.146. The number of hydrogen-bond donors (Lipinski definition) is 1. The molecule has 0 bridgehead atoms. The van der Waals surface area contributed by atoms with Gasteiger partial charge in [-0.25, -0.2) is 9.78 Å². The van der Waals surface area contributed by atoms with E-state index in [-0.39, 0.29) is 16.4 Å². The average Bonchev–Trinajstić information content (AvgIpc) is 2.81. The molecule has 0 saturated carbocycles. The number of carboxylic acid groups (broad SMARTS) is 1. The number of Topliss-reactive ketones (excluding diaryl/α,β-unsaturated/α-hetero) is 1. The van der Waals surface area contributed by atoms with Crippen LogP contribution in [0.25, 0.3) is 0 Å². The Morgan fingerprint density at radius 2 is 2.20 bits per heavy atom. The molecule has 1 aromatic carbocycles. The number of rotatable bonds is 5. The van der Waals surface area contributed by atoms with Crippen molar-refractivity contribution in [2.75, 3.05) is 0 Å². The summed E-state index contributed by atoms with van der Waals surface area (Å²) in [4.78, 5) is 27.7. The van der Waals surface area contributed by atoms with E-state index in [4.69, 9.17) is 5.11 Å². The van der Waals surface area contributed by atoms with Gasteiger partial charge in [-0.1, -0.05) is 22.0 Å². The summed E-state index contributed by atoms with van der Waals surface area (Å²) in [6, 6.07) is 7.80. The Kier molecular flexibility index (Phi) is 4.95. The molecule has 0 saturated heterocycles. The van der Waals surface area contributed by atoms with Gasteiger partial charge in [-0.3, -0.25) is 4.79 Å². The van der Waals surface area contributed by atoms with Gasteiger partial charge in [0.2, 0.25) is 0 Å². The smallest absolute Gasteiger partial charge is 0.356 e. The van der Waals surface area contributed by atoms with Gasteiger partial charge in [-0.2, -0.15) is 0 Å². The molecule has 0 aliphatic heterocycles. The van der Waals surface area contributed by atoms with E-state index >= 15 is 0 Å². The topological polar surface area (TPSA) is 67.3 Å². The fraction of sp³-hybridized carbons (Fsp3) is 0.154. The van der Waals surface area contributed by atoms with Crippen LogP contribution >= 0.6 is 39.0 Å². The molecule has 1 aromatic heterocycles. The highest BCUT2D eigenvalue weighted by Crippen LogP contribution is 2.28. The van der Waals surface area contributed by atoms with Crippen molar-refractivity contribution in [3.05, 3.63) is 44.3 Å². The SMILES string of the molecule is CC(=O)c1sc(CSc2cccc(Br)c2)nc1C(=O)O. The van der Waals surface area contributed by atoms with Crippen LogP contribution in [0.1, 0.15) is 32.1 Å². The van der Waals surface area contributed by atoms with Crippen LogP contribution in [0.4, 0.5) is 0 Å². The van der Waals surface area contributed by atoms with E-state index in [1.165, 1.54) is 6.92 Å². The number of ketones is 1. The highest BCUT2D eigenvalue weighted by Gasteiger charge is 2.20. The van der Waals surface area contributed by atoms with Gasteiger partial charge in [0.25, 0.3) is 0 Å². The van der Waals surface area contributed by atoms with Gasteiger partial charge < -0.3 is 5.11 Å². The Morgan fingerprint density at radius 1 is 1.45 bits per heavy atom. The molecule has 0 amide bonds. The van der Waals surface area contributed by atoms with Crippen LogP contribution in [0.15, 0.2) is 33.6 Å². The predicted molar refractivity (Wildman–Crippen MR) is 82.8 cm³/mol. The summed E-state index contributed by atoms with van der Waals surface area (Å²) >= 11 is 6.09. The zero-order valence-electron chi connectivity index (χ0n) is 10.4. The maximum Gasteiger partial charge on any atom is 0.356 e. The number of thioether (sulfide) groups is 1. The van der Waals surface area contributed by atoms with Crippen molar-refractivity contribution in [1.82, 2.24) is 4.98 Å². The second kappa shape index (κ2) is 6.51. The fourth-order valence-electron chi connectivity index (χ4n) is 1.51. The predicted octanol–water partition coefficient (Wildman–Crippen LogP) is 4.10. The third-order valence-corrected chi connectivity index (χ3v) is 5.19. The van der Waals surface area contributed by atoms with Gasteiger partial charge in [0.15, 0.2) is 11.5 Å². The molecule has 1 heterocycles. The monoisotopic (exact) mass is 371 g/mol. The number of halogens is 1. The van der Waals surface area contributed by atoms with Gasteiger partial charge in [0, 0.05) is 16.3 Å². The molecular formula is C13H10BrNO3S2. The van der Waals surface area contributed by atoms with Crippen molar-refractivity contribution in [1.29, 1.82) is 0 Å². The first-order valence-corrected chi connectivity index (χ1v) is 8.19. The lowest BCUT2D eigenvalue weighted by atomic mass is 10.3. The molecule has 0 fully saturated rings. The van der Waals surface area contributed by atoms with Crippen LogP contribution < -0.4 is 0 Å². The summed E-state index contributed by atoms with van der Waals surface area (Å²) in [6.45, 7) is 1.35. The molecule has 0 radical (unpaired) electrons. The molecule has 7 heteroatoms. The number of thiazole rings is 1. The molecule has 1 N–H and O–H groups in total. The second-order valence-electron chi connectivity index (χ2n) is 3.89. The summed E-state index contributed by atoms with van der Waals surface area (Å²) in [7, 11) is 0. The van der Waals surface area contributed by atoms with Crippen LogP contribution in [0.5, 0.6) is 0 Å². The standard InChI is InChI=1S/C13H10BrNO3S2/c1-7(16)12-11(13(17)18)15-10(20-12)6-19-9-4-2-3-8(14)5-9/h2-5H,6H2,1H3,(H,17,18). The molecule has 104 valence electrons. The minimum atomic E-state index is -1.16. The van der Waals surface area contributed by atoms with Gasteiger partial charge >= 0.3 is 5.97 Å². The van der Waals surface area contributed by atoms with Crippen molar-refractivity contribution < 1.29 is 14.7 Å². The van der Waals surface area contributed by atoms with E-state index in [9.17, 15) is 9.59 Å². The highest BCUT2D eigenvalue weighted by molar-refractivity contribution is 9.10. The Bertz CT molecular complexity index is 638. The first-order valence-electron chi connectivity index (χ1n) is 5.59. The molecule has 0 aliphatic carbocycles. The van der Waals surface area contributed by atoms with Gasteiger partial charge in [-0.15, -0.1) is 23.1 Å². The highest BCUT2D eigenvalue weighted by atomic mass is 79.9. The molecule has 0 unspecified atom stereocenters. The summed E-state index contributed by atoms with van der Waals surface area (Å²) < 4.78 is 0.984. The van der Waals surface area contributed by atoms with E-state index in [0.717, 1.165) is 20.7 Å². The normalized spacial score (nSPS) is 10.5. The number of aromatic nitrogens is 1. The van der Waals surface area contributed by atoms with Gasteiger partial charge in [0.05, 0.1) is 5.75 Å². The van der Waals surface area contributed by atoms with E-state index < -0.39 is 5.97 Å². The Hall–Kier alpha value is -1.18. The number of nitrogens with zero attached hydrogens (tertiary/aromatic N) is 1. The number of hydrogen-bond acceptors (Lipinski definition) is 5. The summed E-state index contributed by atoms with van der Waals surface area (Å²) in [6.07, 6.45) is 0. The average molecular weight is 372 g/mol. The zero-order valence-corrected chi connectivity index (χ0v) is 13.6. The molecule has 4 nitrogen and oxygen atoms in total. The van der Waals surface area contributed by atoms with Crippen molar-refractivity contribution in [2.24, 2.45) is 0 Å². The molecule has 2 rings (SSSR count).